The molecule has 0 bridgehead atoms. The maximum absolute atomic E-state index is 12.2. The van der Waals surface area contributed by atoms with Crippen molar-refractivity contribution in [3.05, 3.63) is 23.8 Å². The van der Waals surface area contributed by atoms with Crippen LogP contribution in [-0.2, 0) is 16.0 Å². The van der Waals surface area contributed by atoms with E-state index in [1.807, 2.05) is 18.2 Å². The summed E-state index contributed by atoms with van der Waals surface area (Å²) in [4.78, 5) is 25.8. The minimum atomic E-state index is -0.442. The lowest BCUT2D eigenvalue weighted by molar-refractivity contribution is -0.126. The van der Waals surface area contributed by atoms with E-state index in [-0.39, 0.29) is 17.7 Å². The second-order valence-electron chi connectivity index (χ2n) is 6.84. The molecule has 1 aliphatic heterocycles. The molecule has 0 aromatic heterocycles. The standard InChI is InChI=1S/C19H26N2O3/c1-13-19(23)21(2)16-12-14(8-9-17(16)24-13)10-11-20-18(22)15-6-4-3-5-7-15/h8-9,12-13,15H,3-7,10-11H2,1-2H3,(H,20,22). The summed E-state index contributed by atoms with van der Waals surface area (Å²) in [6.45, 7) is 2.39. The Kier molecular flexibility index (Phi) is 5.07. The number of hydrogen-bond acceptors (Lipinski definition) is 3. The van der Waals surface area contributed by atoms with Gasteiger partial charge in [-0.3, -0.25) is 9.59 Å². The van der Waals surface area contributed by atoms with Crippen LogP contribution in [-0.4, -0.2) is 31.5 Å². The summed E-state index contributed by atoms with van der Waals surface area (Å²) in [7, 11) is 1.77. The highest BCUT2D eigenvalue weighted by Crippen LogP contribution is 2.34. The Hall–Kier alpha value is -2.04. The maximum Gasteiger partial charge on any atom is 0.267 e. The number of anilines is 1. The molecule has 1 aromatic rings. The van der Waals surface area contributed by atoms with E-state index < -0.39 is 6.10 Å². The van der Waals surface area contributed by atoms with Crippen molar-refractivity contribution in [2.75, 3.05) is 18.5 Å². The minimum Gasteiger partial charge on any atom is -0.479 e. The number of benzene rings is 1. The molecular weight excluding hydrogens is 304 g/mol. The number of amides is 2. The second kappa shape index (κ2) is 7.24. The zero-order chi connectivity index (χ0) is 17.1. The van der Waals surface area contributed by atoms with Gasteiger partial charge in [-0.2, -0.15) is 0 Å². The van der Waals surface area contributed by atoms with Crippen molar-refractivity contribution in [1.29, 1.82) is 0 Å². The van der Waals surface area contributed by atoms with Crippen LogP contribution in [0.2, 0.25) is 0 Å². The number of carbonyl (C=O) groups is 2. The van der Waals surface area contributed by atoms with Crippen LogP contribution in [0.25, 0.3) is 0 Å². The van der Waals surface area contributed by atoms with Crippen LogP contribution in [0.1, 0.15) is 44.6 Å². The number of ether oxygens (including phenoxy) is 1. The van der Waals surface area contributed by atoms with Crippen LogP contribution in [0.4, 0.5) is 5.69 Å². The molecule has 1 heterocycles. The van der Waals surface area contributed by atoms with Gasteiger partial charge in [0.05, 0.1) is 5.69 Å². The summed E-state index contributed by atoms with van der Waals surface area (Å²) in [6.07, 6.45) is 5.95. The van der Waals surface area contributed by atoms with Gasteiger partial charge in [-0.15, -0.1) is 0 Å². The normalized spacial score (nSPS) is 21.2. The highest BCUT2D eigenvalue weighted by Gasteiger charge is 2.28. The zero-order valence-electron chi connectivity index (χ0n) is 14.5. The van der Waals surface area contributed by atoms with Gasteiger partial charge in [0.2, 0.25) is 5.91 Å². The number of carbonyl (C=O) groups excluding carboxylic acids is 2. The van der Waals surface area contributed by atoms with Crippen molar-refractivity contribution in [3.63, 3.8) is 0 Å². The Bertz CT molecular complexity index is 623. The first-order valence-electron chi connectivity index (χ1n) is 8.91. The van der Waals surface area contributed by atoms with Gasteiger partial charge >= 0.3 is 0 Å². The van der Waals surface area contributed by atoms with E-state index >= 15 is 0 Å². The topological polar surface area (TPSA) is 58.6 Å². The van der Waals surface area contributed by atoms with Gasteiger partial charge in [0.15, 0.2) is 6.10 Å². The Labute approximate surface area is 143 Å². The highest BCUT2D eigenvalue weighted by molar-refractivity contribution is 5.99. The molecule has 1 fully saturated rings. The number of rotatable bonds is 4. The third-order valence-electron chi connectivity index (χ3n) is 5.06. The second-order valence-corrected chi connectivity index (χ2v) is 6.84. The van der Waals surface area contributed by atoms with Gasteiger partial charge < -0.3 is 15.0 Å². The first-order chi connectivity index (χ1) is 11.6. The monoisotopic (exact) mass is 330 g/mol. The van der Waals surface area contributed by atoms with E-state index in [4.69, 9.17) is 4.74 Å². The van der Waals surface area contributed by atoms with E-state index in [1.165, 1.54) is 19.3 Å². The fraction of sp³-hybridized carbons (Fsp3) is 0.579. The van der Waals surface area contributed by atoms with Gasteiger partial charge in [0.25, 0.3) is 5.91 Å². The lowest BCUT2D eigenvalue weighted by atomic mass is 9.88. The van der Waals surface area contributed by atoms with Crippen molar-refractivity contribution in [2.45, 2.75) is 51.6 Å². The molecule has 1 aromatic carbocycles. The minimum absolute atomic E-state index is 0.0368. The molecule has 2 aliphatic rings. The van der Waals surface area contributed by atoms with Crippen LogP contribution in [0.15, 0.2) is 18.2 Å². The van der Waals surface area contributed by atoms with Gasteiger partial charge in [-0.05, 0) is 43.9 Å². The number of nitrogens with zero attached hydrogens (tertiary/aromatic N) is 1. The van der Waals surface area contributed by atoms with Crippen LogP contribution >= 0.6 is 0 Å². The van der Waals surface area contributed by atoms with Crippen molar-refractivity contribution >= 4 is 17.5 Å². The quantitative estimate of drug-likeness (QED) is 0.923. The summed E-state index contributed by atoms with van der Waals surface area (Å²) < 4.78 is 5.63. The van der Waals surface area contributed by atoms with Crippen LogP contribution in [0.5, 0.6) is 5.75 Å². The number of nitrogens with one attached hydrogen (secondary N) is 1. The van der Waals surface area contributed by atoms with Crippen molar-refractivity contribution < 1.29 is 14.3 Å². The summed E-state index contributed by atoms with van der Waals surface area (Å²) in [5.41, 5.74) is 1.89. The van der Waals surface area contributed by atoms with Gasteiger partial charge in [0.1, 0.15) is 5.75 Å². The first-order valence-corrected chi connectivity index (χ1v) is 8.91. The fourth-order valence-electron chi connectivity index (χ4n) is 3.55. The SMILES string of the molecule is CC1Oc2ccc(CCNC(=O)C3CCCCC3)cc2N(C)C1=O. The molecule has 1 atom stereocenters. The van der Waals surface area contributed by atoms with Gasteiger partial charge in [0, 0.05) is 19.5 Å². The summed E-state index contributed by atoms with van der Waals surface area (Å²) >= 11 is 0. The van der Waals surface area contributed by atoms with E-state index in [9.17, 15) is 9.59 Å². The molecular formula is C19H26N2O3. The third kappa shape index (κ3) is 3.55. The molecule has 1 saturated carbocycles. The largest absolute Gasteiger partial charge is 0.479 e. The Morgan fingerprint density at radius 3 is 2.79 bits per heavy atom. The molecule has 5 heteroatoms. The predicted molar refractivity (Wildman–Crippen MR) is 93.2 cm³/mol. The summed E-state index contributed by atoms with van der Waals surface area (Å²) in [5.74, 6) is 1.09. The van der Waals surface area contributed by atoms with Crippen molar-refractivity contribution in [1.82, 2.24) is 5.32 Å². The maximum atomic E-state index is 12.2. The molecule has 24 heavy (non-hydrogen) atoms. The Morgan fingerprint density at radius 1 is 1.29 bits per heavy atom. The highest BCUT2D eigenvalue weighted by atomic mass is 16.5. The molecule has 130 valence electrons. The smallest absolute Gasteiger partial charge is 0.267 e. The van der Waals surface area contributed by atoms with Crippen molar-refractivity contribution in [2.24, 2.45) is 5.92 Å². The van der Waals surface area contributed by atoms with E-state index in [0.717, 1.165) is 36.3 Å². The summed E-state index contributed by atoms with van der Waals surface area (Å²) in [5, 5.41) is 3.06. The van der Waals surface area contributed by atoms with Crippen LogP contribution in [0, 0.1) is 5.92 Å². The molecule has 5 nitrogen and oxygen atoms in total. The molecule has 3 rings (SSSR count). The average molecular weight is 330 g/mol. The van der Waals surface area contributed by atoms with Crippen LogP contribution < -0.4 is 15.0 Å². The molecule has 0 saturated heterocycles. The molecule has 2 amide bonds. The molecule has 1 aliphatic carbocycles. The zero-order valence-corrected chi connectivity index (χ0v) is 14.5. The summed E-state index contributed by atoms with van der Waals surface area (Å²) in [6, 6.07) is 5.89. The molecule has 0 spiro atoms. The lowest BCUT2D eigenvalue weighted by Gasteiger charge is -2.30. The van der Waals surface area contributed by atoms with Gasteiger partial charge in [-0.25, -0.2) is 0 Å². The van der Waals surface area contributed by atoms with Crippen LogP contribution in [0.3, 0.4) is 0 Å². The van der Waals surface area contributed by atoms with E-state index in [0.29, 0.717) is 6.54 Å². The molecule has 1 N–H and O–H groups in total. The first kappa shape index (κ1) is 16.8. The number of hydrogen-bond donors (Lipinski definition) is 1. The van der Waals surface area contributed by atoms with E-state index in [2.05, 4.69) is 5.32 Å². The van der Waals surface area contributed by atoms with Crippen molar-refractivity contribution in [3.8, 4) is 5.75 Å². The Balaban J connectivity index is 1.56. The number of likely N-dealkylation sites (N-methyl/N-ethyl adjacent to an activating group) is 1. The lowest BCUT2D eigenvalue weighted by Crippen LogP contribution is -2.42. The molecule has 1 unspecified atom stereocenters. The third-order valence-corrected chi connectivity index (χ3v) is 5.06. The molecule has 0 radical (unpaired) electrons. The fourth-order valence-corrected chi connectivity index (χ4v) is 3.55. The average Bonchev–Trinajstić information content (AvgIpc) is 2.61. The Morgan fingerprint density at radius 2 is 2.04 bits per heavy atom. The predicted octanol–water partition coefficient (Wildman–Crippen LogP) is 2.67. The van der Waals surface area contributed by atoms with E-state index in [1.54, 1.807) is 18.9 Å². The number of fused-ring (bicyclic) bond motifs is 1. The van der Waals surface area contributed by atoms with Gasteiger partial charge in [-0.1, -0.05) is 25.3 Å².